The van der Waals surface area contributed by atoms with Crippen LogP contribution in [0.3, 0.4) is 0 Å². The summed E-state index contributed by atoms with van der Waals surface area (Å²) in [6.07, 6.45) is 1.79. The molecule has 0 aliphatic carbocycles. The second-order valence-corrected chi connectivity index (χ2v) is 10.1. The monoisotopic (exact) mass is 561 g/mol. The van der Waals surface area contributed by atoms with Crippen LogP contribution in [0.4, 0.5) is 5.69 Å². The summed E-state index contributed by atoms with van der Waals surface area (Å²) in [6, 6.07) is 21.0. The zero-order valence-corrected chi connectivity index (χ0v) is 22.6. The van der Waals surface area contributed by atoms with Crippen LogP contribution in [0.5, 0.6) is 0 Å². The number of fused-ring (bicyclic) bond motifs is 2. The summed E-state index contributed by atoms with van der Waals surface area (Å²) < 4.78 is 0. The van der Waals surface area contributed by atoms with Crippen molar-refractivity contribution in [2.75, 3.05) is 18.0 Å². The van der Waals surface area contributed by atoms with Gasteiger partial charge < -0.3 is 0 Å². The van der Waals surface area contributed by atoms with Crippen molar-refractivity contribution in [2.24, 2.45) is 0 Å². The quantitative estimate of drug-likeness (QED) is 0.332. The number of rotatable bonds is 10. The number of aryl methyl sites for hydroxylation is 1. The molecule has 37 heavy (non-hydrogen) atoms. The van der Waals surface area contributed by atoms with Gasteiger partial charge >= 0.3 is 167 Å². The van der Waals surface area contributed by atoms with Gasteiger partial charge in [0, 0.05) is 6.42 Å². The van der Waals surface area contributed by atoms with E-state index >= 15 is 0 Å². The van der Waals surface area contributed by atoms with Gasteiger partial charge in [-0.25, -0.2) is 0 Å². The van der Waals surface area contributed by atoms with Crippen LogP contribution in [0.15, 0.2) is 66.7 Å². The molecule has 0 spiro atoms. The van der Waals surface area contributed by atoms with Gasteiger partial charge in [-0.05, 0) is 24.5 Å². The molecule has 3 aromatic rings. The Morgan fingerprint density at radius 2 is 1.76 bits per heavy atom. The van der Waals surface area contributed by atoms with E-state index in [2.05, 4.69) is 27.5 Å². The molecule has 0 saturated heterocycles. The molecule has 0 fully saturated rings. The summed E-state index contributed by atoms with van der Waals surface area (Å²) in [5.41, 5.74) is 2.88. The fourth-order valence-corrected chi connectivity index (χ4v) is 4.90. The number of carbonyl (C=O) groups is 3. The van der Waals surface area contributed by atoms with E-state index in [1.165, 1.54) is 0 Å². The van der Waals surface area contributed by atoms with Crippen molar-refractivity contribution in [3.8, 4) is 0 Å². The Balaban J connectivity index is 1.45. The van der Waals surface area contributed by atoms with E-state index in [4.69, 9.17) is 0 Å². The van der Waals surface area contributed by atoms with Gasteiger partial charge in [-0.15, -0.1) is 0 Å². The van der Waals surface area contributed by atoms with Crippen molar-refractivity contribution < 1.29 is 19.5 Å². The summed E-state index contributed by atoms with van der Waals surface area (Å²) in [5.74, 6) is -0.643. The fraction of sp³-hybridized carbons (Fsp3) is 0.345. The van der Waals surface area contributed by atoms with Crippen LogP contribution >= 0.6 is 0 Å². The van der Waals surface area contributed by atoms with Crippen molar-refractivity contribution in [1.82, 2.24) is 10.6 Å². The first-order valence-corrected chi connectivity index (χ1v) is 14.0. The Morgan fingerprint density at radius 1 is 1.00 bits per heavy atom. The van der Waals surface area contributed by atoms with Crippen LogP contribution in [0, 0.1) is 0 Å². The Labute approximate surface area is 226 Å². The van der Waals surface area contributed by atoms with Crippen LogP contribution in [-0.4, -0.2) is 64.9 Å². The molecular formula is C29H32AsN3O4. The number of nitrogens with one attached hydrogen (secondary N) is 2. The van der Waals surface area contributed by atoms with E-state index < -0.39 is 12.1 Å². The normalized spacial score (nSPS) is 15.0. The number of hydrogen-bond donors (Lipinski definition) is 3. The van der Waals surface area contributed by atoms with Crippen LogP contribution < -0.4 is 15.5 Å². The summed E-state index contributed by atoms with van der Waals surface area (Å²) >= 11 is 2.29. The number of aliphatic hydroxyl groups is 1. The van der Waals surface area contributed by atoms with Gasteiger partial charge in [-0.1, -0.05) is 24.3 Å². The summed E-state index contributed by atoms with van der Waals surface area (Å²) in [5, 5.41) is 18.1. The first-order chi connectivity index (χ1) is 17.9. The van der Waals surface area contributed by atoms with E-state index in [9.17, 15) is 19.5 Å². The molecule has 4 rings (SSSR count). The molecule has 3 amide bonds. The van der Waals surface area contributed by atoms with Gasteiger partial charge in [0.1, 0.15) is 0 Å². The van der Waals surface area contributed by atoms with Crippen molar-refractivity contribution in [1.29, 1.82) is 0 Å². The van der Waals surface area contributed by atoms with Crippen LogP contribution in [0.2, 0.25) is 5.21 Å². The molecule has 0 aromatic heterocycles. The minimum atomic E-state index is -0.806. The van der Waals surface area contributed by atoms with Crippen LogP contribution in [-0.2, 0) is 27.2 Å². The van der Waals surface area contributed by atoms with Gasteiger partial charge in [0.2, 0.25) is 0 Å². The summed E-state index contributed by atoms with van der Waals surface area (Å²) in [7, 11) is 0. The average Bonchev–Trinajstić information content (AvgIpc) is 3.07. The number of para-hydroxylation sites is 1. The number of benzene rings is 3. The van der Waals surface area contributed by atoms with Gasteiger partial charge in [0.25, 0.3) is 0 Å². The number of anilines is 1. The van der Waals surface area contributed by atoms with Gasteiger partial charge in [0.15, 0.2) is 0 Å². The van der Waals surface area contributed by atoms with Gasteiger partial charge in [0.05, 0.1) is 0 Å². The second kappa shape index (κ2) is 12.9. The third kappa shape index (κ3) is 7.21. The third-order valence-corrected chi connectivity index (χ3v) is 7.50. The maximum atomic E-state index is 13.0. The number of hydrogen-bond acceptors (Lipinski definition) is 4. The minimum absolute atomic E-state index is 0.00941. The summed E-state index contributed by atoms with van der Waals surface area (Å²) in [4.78, 5) is 40.5. The average molecular weight is 562 g/mol. The van der Waals surface area contributed by atoms with E-state index in [0.717, 1.165) is 40.4 Å². The molecule has 1 heterocycles. The first kappa shape index (κ1) is 26.9. The zero-order chi connectivity index (χ0) is 26.2. The Kier molecular flexibility index (Phi) is 9.37. The van der Waals surface area contributed by atoms with E-state index in [-0.39, 0.29) is 37.2 Å². The molecular weight excluding hydrogens is 529 g/mol. The topological polar surface area (TPSA) is 98.7 Å². The zero-order valence-electron chi connectivity index (χ0n) is 20.7. The Bertz CT molecular complexity index is 1260. The molecule has 2 unspecified atom stereocenters. The van der Waals surface area contributed by atoms with Gasteiger partial charge in [-0.2, -0.15) is 0 Å². The second-order valence-electron chi connectivity index (χ2n) is 9.36. The maximum absolute atomic E-state index is 13.0. The number of amides is 3. The van der Waals surface area contributed by atoms with Crippen molar-refractivity contribution >= 4 is 51.0 Å². The standard InChI is InChI=1S/C29H32AsN3O4/c30-18-24(34)19-31-29(37)25(17-20-12-13-21-6-1-2-8-23(21)16-20)32-27(35)14-15-33-26-10-4-3-7-22(26)9-5-11-28(33)36/h1-4,6-8,10,12-13,16,24-25,34H,5,9,11,14-15,17-19H2,(H,31,37)(H,32,35). The SMILES string of the molecule is O=C(CCN1C(=O)CCCc2ccccc21)NC(Cc1ccc2ccccc2c1)C(=O)NCC(O)C[As]. The molecule has 3 aromatic carbocycles. The summed E-state index contributed by atoms with van der Waals surface area (Å²) in [6.45, 7) is 0.356. The van der Waals surface area contributed by atoms with Crippen molar-refractivity contribution in [2.45, 2.75) is 49.5 Å². The van der Waals surface area contributed by atoms with Crippen LogP contribution in [0.1, 0.15) is 30.4 Å². The third-order valence-electron chi connectivity index (χ3n) is 6.61. The Morgan fingerprint density at radius 3 is 2.57 bits per heavy atom. The molecule has 3 N–H and O–H groups in total. The molecule has 0 saturated carbocycles. The molecule has 1 aliphatic heterocycles. The van der Waals surface area contributed by atoms with Gasteiger partial charge in [-0.3, -0.25) is 4.79 Å². The first-order valence-electron chi connectivity index (χ1n) is 12.7. The van der Waals surface area contributed by atoms with E-state index in [0.29, 0.717) is 18.1 Å². The molecule has 0 bridgehead atoms. The molecule has 8 heteroatoms. The molecule has 2 radical (unpaired) electrons. The molecule has 192 valence electrons. The predicted molar refractivity (Wildman–Crippen MR) is 146 cm³/mol. The van der Waals surface area contributed by atoms with Crippen molar-refractivity contribution in [3.05, 3.63) is 77.9 Å². The van der Waals surface area contributed by atoms with Crippen molar-refractivity contribution in [3.63, 3.8) is 0 Å². The number of aliphatic hydroxyl groups excluding tert-OH is 1. The molecule has 7 nitrogen and oxygen atoms in total. The predicted octanol–water partition coefficient (Wildman–Crippen LogP) is 2.69. The fourth-order valence-electron chi connectivity index (χ4n) is 4.63. The molecule has 1 aliphatic rings. The van der Waals surface area contributed by atoms with E-state index in [1.54, 1.807) is 4.90 Å². The number of nitrogens with zero attached hydrogens (tertiary/aromatic N) is 1. The molecule has 2 atom stereocenters. The number of carbonyl (C=O) groups excluding carboxylic acids is 3. The van der Waals surface area contributed by atoms with E-state index in [1.807, 2.05) is 66.7 Å². The Hall–Kier alpha value is -3.15. The van der Waals surface area contributed by atoms with Crippen LogP contribution in [0.25, 0.3) is 10.8 Å².